The summed E-state index contributed by atoms with van der Waals surface area (Å²) >= 11 is 5.09. The Morgan fingerprint density at radius 2 is 2.25 bits per heavy atom. The monoisotopic (exact) mass is 297 g/mol. The molecule has 0 saturated heterocycles. The first-order valence-electron chi connectivity index (χ1n) is 5.04. The molecule has 4 heteroatoms. The van der Waals surface area contributed by atoms with Crippen molar-refractivity contribution in [2.75, 3.05) is 6.61 Å². The summed E-state index contributed by atoms with van der Waals surface area (Å²) in [6.45, 7) is 2.20. The fourth-order valence-electron chi connectivity index (χ4n) is 1.49. The van der Waals surface area contributed by atoms with Gasteiger partial charge in [0.05, 0.1) is 9.48 Å². The first kappa shape index (κ1) is 11.8. The van der Waals surface area contributed by atoms with Crippen LogP contribution >= 0.6 is 27.3 Å². The van der Waals surface area contributed by atoms with Crippen molar-refractivity contribution in [1.29, 1.82) is 0 Å². The van der Waals surface area contributed by atoms with E-state index in [2.05, 4.69) is 46.0 Å². The molecule has 1 heterocycles. The Morgan fingerprint density at radius 1 is 1.44 bits per heavy atom. The highest BCUT2D eigenvalue weighted by Crippen LogP contribution is 2.32. The average molecular weight is 298 g/mol. The molecule has 0 aliphatic heterocycles. The van der Waals surface area contributed by atoms with Crippen LogP contribution < -0.4 is 0 Å². The minimum Gasteiger partial charge on any atom is -0.396 e. The van der Waals surface area contributed by atoms with Gasteiger partial charge in [-0.25, -0.2) is 4.98 Å². The van der Waals surface area contributed by atoms with Crippen molar-refractivity contribution in [3.63, 3.8) is 0 Å². The second-order valence-electron chi connectivity index (χ2n) is 3.58. The predicted molar refractivity (Wildman–Crippen MR) is 70.8 cm³/mol. The van der Waals surface area contributed by atoms with E-state index in [-0.39, 0.29) is 6.61 Å². The first-order chi connectivity index (χ1) is 7.70. The van der Waals surface area contributed by atoms with E-state index in [4.69, 9.17) is 5.11 Å². The molecule has 2 rings (SSSR count). The summed E-state index contributed by atoms with van der Waals surface area (Å²) < 4.78 is 1.01. The maximum Gasteiger partial charge on any atom is 0.124 e. The van der Waals surface area contributed by atoms with Crippen LogP contribution in [-0.2, 0) is 6.42 Å². The van der Waals surface area contributed by atoms with E-state index >= 15 is 0 Å². The molecule has 16 heavy (non-hydrogen) atoms. The van der Waals surface area contributed by atoms with Crippen molar-refractivity contribution in [2.45, 2.75) is 13.3 Å². The third kappa shape index (κ3) is 2.51. The SMILES string of the molecule is Cc1cccc(-c2nc(CCO)c(Br)s2)c1. The lowest BCUT2D eigenvalue weighted by Gasteiger charge is -1.97. The molecule has 0 aliphatic carbocycles. The molecule has 0 bridgehead atoms. The van der Waals surface area contributed by atoms with Gasteiger partial charge in [0.2, 0.25) is 0 Å². The molecule has 0 aliphatic rings. The van der Waals surface area contributed by atoms with E-state index in [0.717, 1.165) is 20.1 Å². The molecule has 1 aromatic carbocycles. The third-order valence-corrected chi connectivity index (χ3v) is 4.14. The third-order valence-electron chi connectivity index (χ3n) is 2.26. The average Bonchev–Trinajstić information content (AvgIpc) is 2.61. The first-order valence-corrected chi connectivity index (χ1v) is 6.65. The Morgan fingerprint density at radius 3 is 2.94 bits per heavy atom. The lowest BCUT2D eigenvalue weighted by molar-refractivity contribution is 0.298. The van der Waals surface area contributed by atoms with Gasteiger partial charge in [0.25, 0.3) is 0 Å². The van der Waals surface area contributed by atoms with Crippen LogP contribution in [0.1, 0.15) is 11.3 Å². The molecule has 0 atom stereocenters. The molecule has 2 nitrogen and oxygen atoms in total. The Bertz CT molecular complexity index is 496. The molecule has 0 spiro atoms. The van der Waals surface area contributed by atoms with Crippen LogP contribution in [-0.4, -0.2) is 16.7 Å². The molecule has 0 fully saturated rings. The van der Waals surface area contributed by atoms with E-state index in [1.54, 1.807) is 11.3 Å². The Balaban J connectivity index is 2.37. The molecule has 2 aromatic rings. The molecule has 0 amide bonds. The number of aliphatic hydroxyl groups is 1. The number of rotatable bonds is 3. The van der Waals surface area contributed by atoms with Gasteiger partial charge in [-0.15, -0.1) is 11.3 Å². The van der Waals surface area contributed by atoms with Gasteiger partial charge in [0.1, 0.15) is 5.01 Å². The molecule has 0 saturated carbocycles. The van der Waals surface area contributed by atoms with Crippen molar-refractivity contribution in [3.8, 4) is 10.6 Å². The quantitative estimate of drug-likeness (QED) is 0.942. The fourth-order valence-corrected chi connectivity index (χ4v) is 3.08. The molecule has 1 aromatic heterocycles. The van der Waals surface area contributed by atoms with Crippen LogP contribution in [0.2, 0.25) is 0 Å². The second kappa shape index (κ2) is 5.08. The summed E-state index contributed by atoms with van der Waals surface area (Å²) in [4.78, 5) is 4.52. The van der Waals surface area contributed by atoms with Crippen LogP contribution in [0.4, 0.5) is 0 Å². The number of aryl methyl sites for hydroxylation is 1. The van der Waals surface area contributed by atoms with Gasteiger partial charge in [-0.3, -0.25) is 0 Å². The number of thiazole rings is 1. The summed E-state index contributed by atoms with van der Waals surface area (Å²) in [5.41, 5.74) is 3.30. The lowest BCUT2D eigenvalue weighted by atomic mass is 10.1. The topological polar surface area (TPSA) is 33.1 Å². The zero-order chi connectivity index (χ0) is 11.5. The number of hydrogen-bond donors (Lipinski definition) is 1. The predicted octanol–water partition coefficient (Wildman–Crippen LogP) is 3.42. The van der Waals surface area contributed by atoms with Crippen LogP contribution in [0, 0.1) is 6.92 Å². The zero-order valence-electron chi connectivity index (χ0n) is 8.90. The molecule has 1 N–H and O–H groups in total. The number of nitrogens with zero attached hydrogens (tertiary/aromatic N) is 1. The maximum absolute atomic E-state index is 8.91. The van der Waals surface area contributed by atoms with Gasteiger partial charge in [-0.2, -0.15) is 0 Å². The summed E-state index contributed by atoms with van der Waals surface area (Å²) in [5, 5.41) is 9.91. The molecule has 0 radical (unpaired) electrons. The van der Waals surface area contributed by atoms with Crippen LogP contribution in [0.25, 0.3) is 10.6 Å². The fraction of sp³-hybridized carbons (Fsp3) is 0.250. The molecule has 0 unspecified atom stereocenters. The highest BCUT2D eigenvalue weighted by molar-refractivity contribution is 9.11. The lowest BCUT2D eigenvalue weighted by Crippen LogP contribution is -1.91. The number of aliphatic hydroxyl groups excluding tert-OH is 1. The number of benzene rings is 1. The van der Waals surface area contributed by atoms with Crippen LogP contribution in [0.5, 0.6) is 0 Å². The molecule has 84 valence electrons. The summed E-state index contributed by atoms with van der Waals surface area (Å²) in [7, 11) is 0. The smallest absolute Gasteiger partial charge is 0.124 e. The largest absolute Gasteiger partial charge is 0.396 e. The minimum atomic E-state index is 0.135. The standard InChI is InChI=1S/C12H12BrNOS/c1-8-3-2-4-9(7-8)12-14-10(5-6-15)11(13)16-12/h2-4,7,15H,5-6H2,1H3. The van der Waals surface area contributed by atoms with Crippen molar-refractivity contribution >= 4 is 27.3 Å². The van der Waals surface area contributed by atoms with E-state index < -0.39 is 0 Å². The number of hydrogen-bond acceptors (Lipinski definition) is 3. The van der Waals surface area contributed by atoms with Gasteiger partial charge in [0, 0.05) is 18.6 Å². The molecular weight excluding hydrogens is 286 g/mol. The van der Waals surface area contributed by atoms with E-state index in [9.17, 15) is 0 Å². The van der Waals surface area contributed by atoms with Crippen LogP contribution in [0.3, 0.4) is 0 Å². The van der Waals surface area contributed by atoms with Gasteiger partial charge in [-0.05, 0) is 28.9 Å². The van der Waals surface area contributed by atoms with Crippen molar-refractivity contribution in [2.24, 2.45) is 0 Å². The van der Waals surface area contributed by atoms with Crippen molar-refractivity contribution in [3.05, 3.63) is 39.3 Å². The normalized spacial score (nSPS) is 10.7. The van der Waals surface area contributed by atoms with E-state index in [0.29, 0.717) is 6.42 Å². The Labute approximate surface area is 107 Å². The van der Waals surface area contributed by atoms with Gasteiger partial charge >= 0.3 is 0 Å². The summed E-state index contributed by atoms with van der Waals surface area (Å²) in [6.07, 6.45) is 0.600. The van der Waals surface area contributed by atoms with Gasteiger partial charge in [0.15, 0.2) is 0 Å². The summed E-state index contributed by atoms with van der Waals surface area (Å²) in [5.74, 6) is 0. The van der Waals surface area contributed by atoms with E-state index in [1.807, 2.05) is 6.07 Å². The van der Waals surface area contributed by atoms with Gasteiger partial charge < -0.3 is 5.11 Å². The highest BCUT2D eigenvalue weighted by atomic mass is 79.9. The number of halogens is 1. The maximum atomic E-state index is 8.91. The van der Waals surface area contributed by atoms with Crippen LogP contribution in [0.15, 0.2) is 28.1 Å². The minimum absolute atomic E-state index is 0.135. The van der Waals surface area contributed by atoms with Gasteiger partial charge in [-0.1, -0.05) is 23.8 Å². The van der Waals surface area contributed by atoms with Crippen molar-refractivity contribution < 1.29 is 5.11 Å². The Kier molecular flexibility index (Phi) is 3.74. The summed E-state index contributed by atoms with van der Waals surface area (Å²) in [6, 6.07) is 8.28. The highest BCUT2D eigenvalue weighted by Gasteiger charge is 2.09. The van der Waals surface area contributed by atoms with E-state index in [1.165, 1.54) is 5.56 Å². The molecular formula is C12H12BrNOS. The number of aromatic nitrogens is 1. The second-order valence-corrected chi connectivity index (χ2v) is 5.90. The van der Waals surface area contributed by atoms with Crippen molar-refractivity contribution in [1.82, 2.24) is 4.98 Å². The Hall–Kier alpha value is -0.710. The zero-order valence-corrected chi connectivity index (χ0v) is 11.3.